The first-order valence-corrected chi connectivity index (χ1v) is 3.81. The monoisotopic (exact) mass is 184 g/mol. The lowest BCUT2D eigenvalue weighted by Crippen LogP contribution is -2.39. The van der Waals surface area contributed by atoms with Crippen LogP contribution in [0.15, 0.2) is 0 Å². The van der Waals surface area contributed by atoms with Crippen molar-refractivity contribution in [3.63, 3.8) is 0 Å². The summed E-state index contributed by atoms with van der Waals surface area (Å²) in [7, 11) is 0. The van der Waals surface area contributed by atoms with Crippen LogP contribution in [0.1, 0.15) is 19.8 Å². The van der Waals surface area contributed by atoms with E-state index in [1.807, 2.05) is 0 Å². The first kappa shape index (κ1) is 9.80. The summed E-state index contributed by atoms with van der Waals surface area (Å²) in [6.45, 7) is 1.70. The van der Waals surface area contributed by atoms with Crippen LogP contribution in [0, 0.1) is 0 Å². The van der Waals surface area contributed by atoms with Gasteiger partial charge in [0.25, 0.3) is 0 Å². The van der Waals surface area contributed by atoms with Crippen molar-refractivity contribution in [1.29, 1.82) is 0 Å². The van der Waals surface area contributed by atoms with E-state index < -0.39 is 18.4 Å². The van der Waals surface area contributed by atoms with Crippen LogP contribution in [0.5, 0.6) is 0 Å². The zero-order valence-corrected chi connectivity index (χ0v) is 6.64. The molecule has 72 valence electrons. The van der Waals surface area contributed by atoms with Crippen molar-refractivity contribution < 1.29 is 23.0 Å². The van der Waals surface area contributed by atoms with E-state index in [0.717, 1.165) is 0 Å². The molecule has 0 aromatic rings. The van der Waals surface area contributed by atoms with Crippen LogP contribution in [-0.4, -0.2) is 29.6 Å². The fourth-order valence-corrected chi connectivity index (χ4v) is 1.28. The van der Waals surface area contributed by atoms with Gasteiger partial charge < -0.3 is 9.84 Å². The third-order valence-electron chi connectivity index (χ3n) is 1.95. The molecule has 1 aliphatic heterocycles. The molecule has 0 aliphatic carbocycles. The molecule has 1 fully saturated rings. The fraction of sp³-hybridized carbons (Fsp3) is 1.00. The highest BCUT2D eigenvalue weighted by molar-refractivity contribution is 4.81. The fourth-order valence-electron chi connectivity index (χ4n) is 1.28. The standard InChI is InChI=1S/C7H11F3O2/c1-4-2-3-5(12-4)6(11)7(8,9)10/h4-6,11H,2-3H2,1H3/t4-,5?,6-/m1/s1. The van der Waals surface area contributed by atoms with Gasteiger partial charge in [0.1, 0.15) is 0 Å². The summed E-state index contributed by atoms with van der Waals surface area (Å²) in [6, 6.07) is 0. The summed E-state index contributed by atoms with van der Waals surface area (Å²) in [5.41, 5.74) is 0. The van der Waals surface area contributed by atoms with Gasteiger partial charge in [-0.25, -0.2) is 0 Å². The van der Waals surface area contributed by atoms with Gasteiger partial charge in [-0.2, -0.15) is 13.2 Å². The molecule has 0 saturated carbocycles. The van der Waals surface area contributed by atoms with Gasteiger partial charge in [0, 0.05) is 0 Å². The minimum absolute atomic E-state index is 0.174. The third kappa shape index (κ3) is 2.10. The zero-order valence-electron chi connectivity index (χ0n) is 6.64. The summed E-state index contributed by atoms with van der Waals surface area (Å²) in [4.78, 5) is 0. The Morgan fingerprint density at radius 1 is 1.42 bits per heavy atom. The Morgan fingerprint density at radius 2 is 2.00 bits per heavy atom. The number of ether oxygens (including phenoxy) is 1. The van der Waals surface area contributed by atoms with E-state index in [2.05, 4.69) is 0 Å². The molecule has 0 bridgehead atoms. The average Bonchev–Trinajstić information content (AvgIpc) is 2.32. The Bertz CT molecular complexity index is 157. The number of aliphatic hydroxyl groups excluding tert-OH is 1. The number of aliphatic hydroxyl groups is 1. The Morgan fingerprint density at radius 3 is 2.33 bits per heavy atom. The van der Waals surface area contributed by atoms with Crippen molar-refractivity contribution in [3.05, 3.63) is 0 Å². The van der Waals surface area contributed by atoms with Gasteiger partial charge in [0.2, 0.25) is 0 Å². The number of halogens is 3. The molecule has 0 aromatic carbocycles. The molecule has 1 N–H and O–H groups in total. The molecule has 12 heavy (non-hydrogen) atoms. The van der Waals surface area contributed by atoms with Gasteiger partial charge >= 0.3 is 6.18 Å². The van der Waals surface area contributed by atoms with E-state index in [9.17, 15) is 13.2 Å². The maximum absolute atomic E-state index is 11.9. The van der Waals surface area contributed by atoms with Crippen molar-refractivity contribution >= 4 is 0 Å². The van der Waals surface area contributed by atoms with Crippen molar-refractivity contribution in [3.8, 4) is 0 Å². The molecule has 1 unspecified atom stereocenters. The average molecular weight is 184 g/mol. The molecular weight excluding hydrogens is 173 g/mol. The quantitative estimate of drug-likeness (QED) is 0.668. The lowest BCUT2D eigenvalue weighted by molar-refractivity contribution is -0.233. The van der Waals surface area contributed by atoms with E-state index in [1.54, 1.807) is 6.92 Å². The van der Waals surface area contributed by atoms with Crippen LogP contribution in [0.2, 0.25) is 0 Å². The summed E-state index contributed by atoms with van der Waals surface area (Å²) in [6.07, 6.45) is -7.27. The first-order chi connectivity index (χ1) is 5.41. The van der Waals surface area contributed by atoms with Gasteiger partial charge in [-0.3, -0.25) is 0 Å². The maximum atomic E-state index is 11.9. The molecule has 0 aromatic heterocycles. The summed E-state index contributed by atoms with van der Waals surface area (Å²) in [5.74, 6) is 0. The van der Waals surface area contributed by atoms with Crippen molar-refractivity contribution in [2.24, 2.45) is 0 Å². The molecular formula is C7H11F3O2. The molecule has 0 amide bonds. The molecule has 0 spiro atoms. The molecule has 1 rings (SSSR count). The van der Waals surface area contributed by atoms with Crippen LogP contribution < -0.4 is 0 Å². The van der Waals surface area contributed by atoms with Crippen LogP contribution in [-0.2, 0) is 4.74 Å². The van der Waals surface area contributed by atoms with Crippen LogP contribution >= 0.6 is 0 Å². The minimum atomic E-state index is -4.56. The first-order valence-electron chi connectivity index (χ1n) is 3.81. The van der Waals surface area contributed by atoms with Crippen molar-refractivity contribution in [2.75, 3.05) is 0 Å². The van der Waals surface area contributed by atoms with Gasteiger partial charge in [-0.1, -0.05) is 0 Å². The van der Waals surface area contributed by atoms with Gasteiger partial charge in [-0.15, -0.1) is 0 Å². The number of rotatable bonds is 1. The highest BCUT2D eigenvalue weighted by atomic mass is 19.4. The Balaban J connectivity index is 2.48. The maximum Gasteiger partial charge on any atom is 0.416 e. The second kappa shape index (κ2) is 3.22. The molecule has 3 atom stereocenters. The van der Waals surface area contributed by atoms with Crippen LogP contribution in [0.3, 0.4) is 0 Å². The zero-order chi connectivity index (χ0) is 9.35. The van der Waals surface area contributed by atoms with Crippen molar-refractivity contribution in [1.82, 2.24) is 0 Å². The largest absolute Gasteiger partial charge is 0.416 e. The Kier molecular flexibility index (Phi) is 2.63. The number of hydrogen-bond acceptors (Lipinski definition) is 2. The Hall–Kier alpha value is -0.290. The lowest BCUT2D eigenvalue weighted by Gasteiger charge is -2.20. The van der Waals surface area contributed by atoms with Crippen molar-refractivity contribution in [2.45, 2.75) is 44.3 Å². The Labute approximate surface area is 68.3 Å². The van der Waals surface area contributed by atoms with E-state index in [-0.39, 0.29) is 12.5 Å². The summed E-state index contributed by atoms with van der Waals surface area (Å²) >= 11 is 0. The van der Waals surface area contributed by atoms with Crippen LogP contribution in [0.4, 0.5) is 13.2 Å². The highest BCUT2D eigenvalue weighted by Gasteiger charge is 2.46. The number of alkyl halides is 3. The second-order valence-corrected chi connectivity index (χ2v) is 3.05. The SMILES string of the molecule is C[C@@H]1CCC([C@@H](O)C(F)(F)F)O1. The predicted octanol–water partition coefficient (Wildman–Crippen LogP) is 1.48. The van der Waals surface area contributed by atoms with E-state index in [1.165, 1.54) is 0 Å². The van der Waals surface area contributed by atoms with E-state index in [4.69, 9.17) is 9.84 Å². The third-order valence-corrected chi connectivity index (χ3v) is 1.95. The van der Waals surface area contributed by atoms with E-state index >= 15 is 0 Å². The lowest BCUT2D eigenvalue weighted by atomic mass is 10.1. The molecule has 5 heteroatoms. The molecule has 1 heterocycles. The highest BCUT2D eigenvalue weighted by Crippen LogP contribution is 2.30. The van der Waals surface area contributed by atoms with E-state index in [0.29, 0.717) is 6.42 Å². The number of hydrogen-bond donors (Lipinski definition) is 1. The van der Waals surface area contributed by atoms with Gasteiger partial charge in [-0.05, 0) is 19.8 Å². The second-order valence-electron chi connectivity index (χ2n) is 3.05. The molecule has 1 aliphatic rings. The molecule has 0 radical (unpaired) electrons. The topological polar surface area (TPSA) is 29.5 Å². The minimum Gasteiger partial charge on any atom is -0.381 e. The summed E-state index contributed by atoms with van der Waals surface area (Å²) < 4.78 is 40.6. The van der Waals surface area contributed by atoms with Gasteiger partial charge in [0.05, 0.1) is 12.2 Å². The molecule has 1 saturated heterocycles. The predicted molar refractivity (Wildman–Crippen MR) is 35.6 cm³/mol. The molecule has 2 nitrogen and oxygen atoms in total. The normalized spacial score (nSPS) is 33.8. The van der Waals surface area contributed by atoms with Crippen LogP contribution in [0.25, 0.3) is 0 Å². The summed E-state index contributed by atoms with van der Waals surface area (Å²) in [5, 5.41) is 8.75. The van der Waals surface area contributed by atoms with Gasteiger partial charge in [0.15, 0.2) is 6.10 Å². The smallest absolute Gasteiger partial charge is 0.381 e.